The van der Waals surface area contributed by atoms with Crippen molar-refractivity contribution < 1.29 is 19.3 Å². The van der Waals surface area contributed by atoms with Gasteiger partial charge >= 0.3 is 0 Å². The number of β-amino-alcohol motifs (C(OH)–C–C–N with tert-alkyl or cyclic N) is 1. The predicted octanol–water partition coefficient (Wildman–Crippen LogP) is 4.60. The lowest BCUT2D eigenvalue weighted by Crippen LogP contribution is -2.11. The summed E-state index contributed by atoms with van der Waals surface area (Å²) in [5, 5.41) is 11.7. The topological polar surface area (TPSA) is 60.0 Å². The van der Waals surface area contributed by atoms with Crippen molar-refractivity contribution in [2.24, 2.45) is 0 Å². The van der Waals surface area contributed by atoms with Gasteiger partial charge in [-0.15, -0.1) is 0 Å². The second-order valence-corrected chi connectivity index (χ2v) is 6.70. The van der Waals surface area contributed by atoms with Gasteiger partial charge in [-0.1, -0.05) is 58.4 Å². The molecule has 164 valence electrons. The van der Waals surface area contributed by atoms with Crippen molar-refractivity contribution in [1.82, 2.24) is 5.32 Å². The second kappa shape index (κ2) is 19.0. The summed E-state index contributed by atoms with van der Waals surface area (Å²) < 4.78 is 15.3. The molecule has 5 nitrogen and oxygen atoms in total. The first kappa shape index (κ1) is 26.7. The molecule has 5 heteroatoms. The molecular weight excluding hydrogens is 354 g/mol. The van der Waals surface area contributed by atoms with Crippen LogP contribution in [0.3, 0.4) is 0 Å². The van der Waals surface area contributed by atoms with Crippen LogP contribution >= 0.6 is 0 Å². The number of hydrogen-bond donors (Lipinski definition) is 2. The Bertz CT molecular complexity index is 446. The maximum atomic E-state index is 8.67. The number of aliphatic hydroxyl groups excluding tert-OH is 1. The van der Waals surface area contributed by atoms with E-state index in [1.807, 2.05) is 32.0 Å². The van der Waals surface area contributed by atoms with E-state index in [9.17, 15) is 0 Å². The van der Waals surface area contributed by atoms with Gasteiger partial charge in [0.05, 0.1) is 26.9 Å². The van der Waals surface area contributed by atoms with Crippen LogP contribution in [0.1, 0.15) is 64.4 Å². The molecule has 0 spiro atoms. The Hall–Kier alpha value is -1.30. The highest BCUT2D eigenvalue weighted by Gasteiger charge is 2.08. The molecule has 28 heavy (non-hydrogen) atoms. The molecule has 2 aliphatic rings. The normalized spacial score (nSPS) is 17.7. The third-order valence-corrected chi connectivity index (χ3v) is 4.58. The minimum absolute atomic E-state index is 0.0648. The highest BCUT2D eigenvalue weighted by Crippen LogP contribution is 2.27. The number of nitrogens with one attached hydrogen (secondary N) is 1. The van der Waals surface area contributed by atoms with Crippen LogP contribution in [0.15, 0.2) is 18.2 Å². The van der Waals surface area contributed by atoms with Crippen LogP contribution < -0.4 is 14.8 Å². The zero-order chi connectivity index (χ0) is 21.0. The lowest BCUT2D eigenvalue weighted by Gasteiger charge is -2.09. The number of aliphatic hydroxyl groups is 1. The number of hydrogen-bond acceptors (Lipinski definition) is 5. The maximum absolute atomic E-state index is 8.67. The molecule has 0 amide bonds. The summed E-state index contributed by atoms with van der Waals surface area (Å²) in [5.74, 6) is 1.52. The maximum Gasteiger partial charge on any atom is 0.160 e. The smallest absolute Gasteiger partial charge is 0.160 e. The van der Waals surface area contributed by atoms with E-state index in [0.717, 1.165) is 44.0 Å². The fourth-order valence-electron chi connectivity index (χ4n) is 2.96. The summed E-state index contributed by atoms with van der Waals surface area (Å²) in [4.78, 5) is 0. The molecule has 1 aromatic carbocycles. The molecular formula is C23H43NO4. The monoisotopic (exact) mass is 397 g/mol. The summed E-state index contributed by atoms with van der Waals surface area (Å²) in [6.07, 6.45) is 10.8. The number of methoxy groups -OCH3 is 3. The summed E-state index contributed by atoms with van der Waals surface area (Å²) in [7, 11) is 4.96. The first-order chi connectivity index (χ1) is 13.7. The van der Waals surface area contributed by atoms with Crippen LogP contribution in [-0.2, 0) is 11.2 Å². The minimum Gasteiger partial charge on any atom is -0.493 e. The van der Waals surface area contributed by atoms with Gasteiger partial charge in [0.15, 0.2) is 11.5 Å². The standard InChI is InChI=1S/C11H16O3.C6H12.C4H9NO.C2H6/c1-12-7-6-9-4-5-10(13-2)11(8-9)14-3;1-2-4-6-5-3-1;6-4-1-2-5-3-4;1-2/h4-5,8H,6-7H2,1-3H3;1-6H2;4-6H,1-3H2;1-2H3/t;;4-;/m..0./s1. The van der Waals surface area contributed by atoms with Gasteiger partial charge < -0.3 is 24.6 Å². The van der Waals surface area contributed by atoms with Gasteiger partial charge in [-0.3, -0.25) is 0 Å². The van der Waals surface area contributed by atoms with Crippen molar-refractivity contribution in [2.75, 3.05) is 41.0 Å². The first-order valence-electron chi connectivity index (χ1n) is 10.8. The molecule has 1 saturated heterocycles. The zero-order valence-corrected chi connectivity index (χ0v) is 18.8. The summed E-state index contributed by atoms with van der Waals surface area (Å²) >= 11 is 0. The molecule has 3 rings (SSSR count). The zero-order valence-electron chi connectivity index (χ0n) is 18.8. The average molecular weight is 398 g/mol. The van der Waals surface area contributed by atoms with Crippen LogP contribution in [0.5, 0.6) is 11.5 Å². The molecule has 1 aliphatic heterocycles. The van der Waals surface area contributed by atoms with Crippen LogP contribution in [0.2, 0.25) is 0 Å². The highest BCUT2D eigenvalue weighted by atomic mass is 16.5. The Kier molecular flexibility index (Phi) is 18.2. The van der Waals surface area contributed by atoms with E-state index in [2.05, 4.69) is 5.32 Å². The number of ether oxygens (including phenoxy) is 3. The van der Waals surface area contributed by atoms with Crippen molar-refractivity contribution in [3.63, 3.8) is 0 Å². The summed E-state index contributed by atoms with van der Waals surface area (Å²) in [6.45, 7) is 6.50. The van der Waals surface area contributed by atoms with Gasteiger partial charge in [-0.05, 0) is 37.1 Å². The Morgan fingerprint density at radius 3 is 1.86 bits per heavy atom. The van der Waals surface area contributed by atoms with Gasteiger partial charge in [-0.25, -0.2) is 0 Å². The Balaban J connectivity index is 0.000000428. The highest BCUT2D eigenvalue weighted by molar-refractivity contribution is 5.42. The number of benzene rings is 1. The molecule has 1 saturated carbocycles. The molecule has 1 heterocycles. The van der Waals surface area contributed by atoms with Gasteiger partial charge in [-0.2, -0.15) is 0 Å². The molecule has 2 N–H and O–H groups in total. The van der Waals surface area contributed by atoms with Crippen LogP contribution in [0, 0.1) is 0 Å². The van der Waals surface area contributed by atoms with Crippen LogP contribution in [0.4, 0.5) is 0 Å². The van der Waals surface area contributed by atoms with E-state index < -0.39 is 0 Å². The molecule has 2 fully saturated rings. The largest absolute Gasteiger partial charge is 0.493 e. The lowest BCUT2D eigenvalue weighted by atomic mass is 10.0. The molecule has 1 atom stereocenters. The minimum atomic E-state index is -0.0648. The van der Waals surface area contributed by atoms with Crippen molar-refractivity contribution >= 4 is 0 Å². The molecule has 0 bridgehead atoms. The van der Waals surface area contributed by atoms with Crippen molar-refractivity contribution in [3.05, 3.63) is 23.8 Å². The third kappa shape index (κ3) is 13.0. The molecule has 0 aromatic heterocycles. The Morgan fingerprint density at radius 2 is 1.50 bits per heavy atom. The van der Waals surface area contributed by atoms with Crippen LogP contribution in [0.25, 0.3) is 0 Å². The first-order valence-corrected chi connectivity index (χ1v) is 10.8. The summed E-state index contributed by atoms with van der Waals surface area (Å²) in [6, 6.07) is 5.89. The molecule has 1 aromatic rings. The van der Waals surface area contributed by atoms with Gasteiger partial charge in [0.1, 0.15) is 0 Å². The predicted molar refractivity (Wildman–Crippen MR) is 118 cm³/mol. The van der Waals surface area contributed by atoms with Crippen molar-refractivity contribution in [3.8, 4) is 11.5 Å². The SMILES string of the molecule is C1CCCCC1.CC.COCCc1ccc(OC)c(OC)c1.O[C@H]1CCNC1. The van der Waals surface area contributed by atoms with E-state index >= 15 is 0 Å². The third-order valence-electron chi connectivity index (χ3n) is 4.58. The molecule has 1 aliphatic carbocycles. The Morgan fingerprint density at radius 1 is 0.929 bits per heavy atom. The second-order valence-electron chi connectivity index (χ2n) is 6.70. The van der Waals surface area contributed by atoms with E-state index in [4.69, 9.17) is 19.3 Å². The molecule has 0 unspecified atom stereocenters. The fourth-order valence-corrected chi connectivity index (χ4v) is 2.96. The van der Waals surface area contributed by atoms with Gasteiger partial charge in [0, 0.05) is 13.7 Å². The van der Waals surface area contributed by atoms with E-state index in [1.54, 1.807) is 21.3 Å². The summed E-state index contributed by atoms with van der Waals surface area (Å²) in [5.41, 5.74) is 1.18. The average Bonchev–Trinajstić information content (AvgIpc) is 3.26. The van der Waals surface area contributed by atoms with E-state index in [1.165, 1.54) is 44.1 Å². The van der Waals surface area contributed by atoms with E-state index in [-0.39, 0.29) is 6.10 Å². The number of rotatable bonds is 5. The molecule has 0 radical (unpaired) electrons. The lowest BCUT2D eigenvalue weighted by molar-refractivity contribution is 0.196. The Labute approximate surface area is 172 Å². The van der Waals surface area contributed by atoms with Gasteiger partial charge in [0.25, 0.3) is 0 Å². The van der Waals surface area contributed by atoms with E-state index in [0.29, 0.717) is 0 Å². The van der Waals surface area contributed by atoms with Crippen molar-refractivity contribution in [2.45, 2.75) is 71.3 Å². The van der Waals surface area contributed by atoms with Crippen LogP contribution in [-0.4, -0.2) is 52.2 Å². The van der Waals surface area contributed by atoms with Gasteiger partial charge in [0.2, 0.25) is 0 Å². The quantitative estimate of drug-likeness (QED) is 0.760. The fraction of sp³-hybridized carbons (Fsp3) is 0.739. The van der Waals surface area contributed by atoms with Crippen molar-refractivity contribution in [1.29, 1.82) is 0 Å².